The summed E-state index contributed by atoms with van der Waals surface area (Å²) in [5.74, 6) is -1.74. The van der Waals surface area contributed by atoms with Gasteiger partial charge in [-0.25, -0.2) is 13.8 Å². The van der Waals surface area contributed by atoms with Crippen LogP contribution in [0.2, 0.25) is 0 Å². The topological polar surface area (TPSA) is 53.1 Å². The number of anilines is 1. The summed E-state index contributed by atoms with van der Waals surface area (Å²) in [6.07, 6.45) is 7.78. The van der Waals surface area contributed by atoms with Crippen LogP contribution in [-0.2, 0) is 12.5 Å². The van der Waals surface area contributed by atoms with Crippen LogP contribution in [0.3, 0.4) is 0 Å². The van der Waals surface area contributed by atoms with Gasteiger partial charge in [0.2, 0.25) is 5.95 Å². The highest BCUT2D eigenvalue weighted by Gasteiger charge is 2.23. The Bertz CT molecular complexity index is 1440. The zero-order chi connectivity index (χ0) is 27.3. The van der Waals surface area contributed by atoms with Gasteiger partial charge in [0, 0.05) is 12.5 Å². The maximum absolute atomic E-state index is 13.4. The minimum atomic E-state index is -2.86. The van der Waals surface area contributed by atoms with Gasteiger partial charge in [-0.05, 0) is 67.7 Å². The van der Waals surface area contributed by atoms with Crippen molar-refractivity contribution < 1.29 is 13.5 Å². The molecule has 37 heavy (non-hydrogen) atoms. The smallest absolute Gasteiger partial charge is 0.270 e. The average Bonchev–Trinajstić information content (AvgIpc) is 3.14. The van der Waals surface area contributed by atoms with Crippen LogP contribution in [0.15, 0.2) is 78.4 Å². The molecule has 3 rings (SSSR count). The standard InChI is InChI=1S/C31H35F2N3O/c1-8-24(9-2)25(10-3)18-28-22(6)36(30(34)35-28)21(5)26-13-16-29(20(4)17-26)37-19-23-11-14-27(15-12-23)31(7,32)33/h8-18,21H,1,6,19H2,2-5,7H3,(H2,34,35)/b24-9+,25-10+,28-18+/t21-/m1/s1. The van der Waals surface area contributed by atoms with Gasteiger partial charge in [0.15, 0.2) is 0 Å². The molecule has 0 aliphatic carbocycles. The summed E-state index contributed by atoms with van der Waals surface area (Å²) < 4.78 is 34.8. The van der Waals surface area contributed by atoms with Crippen molar-refractivity contribution in [3.63, 3.8) is 0 Å². The molecule has 2 aromatic carbocycles. The van der Waals surface area contributed by atoms with Crippen LogP contribution in [-0.4, -0.2) is 9.55 Å². The Kier molecular flexibility index (Phi) is 8.53. The predicted molar refractivity (Wildman–Crippen MR) is 149 cm³/mol. The first-order chi connectivity index (χ1) is 17.5. The molecule has 0 radical (unpaired) electrons. The maximum Gasteiger partial charge on any atom is 0.270 e. The van der Waals surface area contributed by atoms with Gasteiger partial charge in [0.1, 0.15) is 12.4 Å². The van der Waals surface area contributed by atoms with E-state index in [1.54, 1.807) is 12.1 Å². The number of rotatable bonds is 9. The fourth-order valence-corrected chi connectivity index (χ4v) is 4.23. The lowest BCUT2D eigenvalue weighted by Gasteiger charge is -2.18. The van der Waals surface area contributed by atoms with E-state index >= 15 is 0 Å². The van der Waals surface area contributed by atoms with Gasteiger partial charge in [-0.3, -0.25) is 0 Å². The third kappa shape index (κ3) is 6.26. The summed E-state index contributed by atoms with van der Waals surface area (Å²) in [6, 6.07) is 12.1. The van der Waals surface area contributed by atoms with Crippen LogP contribution in [0.5, 0.6) is 5.75 Å². The molecule has 0 saturated carbocycles. The molecule has 2 N–H and O–H groups in total. The molecule has 0 amide bonds. The second-order valence-electron chi connectivity index (χ2n) is 9.08. The second-order valence-corrected chi connectivity index (χ2v) is 9.08. The Labute approximate surface area is 217 Å². The molecular formula is C31H35F2N3O. The molecule has 1 atom stereocenters. The quantitative estimate of drug-likeness (QED) is 0.347. The van der Waals surface area contributed by atoms with Gasteiger partial charge in [-0.2, -0.15) is 0 Å². The van der Waals surface area contributed by atoms with E-state index in [9.17, 15) is 8.78 Å². The first-order valence-electron chi connectivity index (χ1n) is 12.2. The first kappa shape index (κ1) is 27.7. The Balaban J connectivity index is 1.82. The summed E-state index contributed by atoms with van der Waals surface area (Å²) in [6.45, 7) is 17.3. The normalized spacial score (nSPS) is 14.1. The Morgan fingerprint density at radius 3 is 2.32 bits per heavy atom. The number of nitrogens with zero attached hydrogens (tertiary/aromatic N) is 2. The molecule has 4 nitrogen and oxygen atoms in total. The zero-order valence-corrected chi connectivity index (χ0v) is 22.2. The van der Waals surface area contributed by atoms with Gasteiger partial charge >= 0.3 is 0 Å². The maximum atomic E-state index is 13.4. The van der Waals surface area contributed by atoms with Gasteiger partial charge < -0.3 is 15.0 Å². The number of nitrogens with two attached hydrogens (primary N) is 1. The number of hydrogen-bond acceptors (Lipinski definition) is 3. The van der Waals surface area contributed by atoms with Crippen molar-refractivity contribution in [1.29, 1.82) is 0 Å². The lowest BCUT2D eigenvalue weighted by atomic mass is 10.0. The average molecular weight is 504 g/mol. The summed E-state index contributed by atoms with van der Waals surface area (Å²) in [4.78, 5) is 4.57. The number of aryl methyl sites for hydroxylation is 1. The van der Waals surface area contributed by atoms with Gasteiger partial charge in [-0.1, -0.05) is 67.8 Å². The molecule has 0 fully saturated rings. The Hall–Kier alpha value is -3.93. The molecule has 194 valence electrons. The largest absolute Gasteiger partial charge is 0.489 e. The lowest BCUT2D eigenvalue weighted by Crippen LogP contribution is -2.31. The third-order valence-corrected chi connectivity index (χ3v) is 6.46. The molecule has 0 aliphatic heterocycles. The van der Waals surface area contributed by atoms with E-state index in [0.29, 0.717) is 11.3 Å². The van der Waals surface area contributed by atoms with Crippen LogP contribution in [0.4, 0.5) is 14.7 Å². The van der Waals surface area contributed by atoms with E-state index in [0.717, 1.165) is 45.9 Å². The Morgan fingerprint density at radius 1 is 1.14 bits per heavy atom. The van der Waals surface area contributed by atoms with Crippen molar-refractivity contribution in [2.75, 3.05) is 5.73 Å². The predicted octanol–water partition coefficient (Wildman–Crippen LogP) is 6.34. The number of imidazole rings is 1. The van der Waals surface area contributed by atoms with E-state index in [1.165, 1.54) is 12.1 Å². The number of benzene rings is 2. The molecule has 0 saturated heterocycles. The van der Waals surface area contributed by atoms with Gasteiger partial charge in [-0.15, -0.1) is 0 Å². The van der Waals surface area contributed by atoms with Crippen molar-refractivity contribution in [2.24, 2.45) is 0 Å². The second kappa shape index (κ2) is 11.4. The molecule has 3 aromatic rings. The fraction of sp³-hybridized carbons (Fsp3) is 0.258. The van der Waals surface area contributed by atoms with Crippen LogP contribution >= 0.6 is 0 Å². The number of aromatic nitrogens is 2. The van der Waals surface area contributed by atoms with Crippen LogP contribution in [0.25, 0.3) is 12.7 Å². The van der Waals surface area contributed by atoms with E-state index in [4.69, 9.17) is 10.5 Å². The Morgan fingerprint density at radius 2 is 1.78 bits per heavy atom. The summed E-state index contributed by atoms with van der Waals surface area (Å²) >= 11 is 0. The number of nitrogen functional groups attached to an aromatic ring is 1. The highest BCUT2D eigenvalue weighted by atomic mass is 19.3. The van der Waals surface area contributed by atoms with E-state index in [2.05, 4.69) is 31.1 Å². The number of alkyl halides is 2. The SMILES string of the molecule is C=CC(=C\C)/C(=C/C)/C=c1/nc(N)n([C@H](C)c2ccc(OCc3ccc(C(C)(F)F)cc3)c(C)c2)c1=C. The van der Waals surface area contributed by atoms with Crippen molar-refractivity contribution >= 4 is 18.6 Å². The van der Waals surface area contributed by atoms with Gasteiger partial charge in [0.25, 0.3) is 5.92 Å². The lowest BCUT2D eigenvalue weighted by molar-refractivity contribution is 0.0174. The van der Waals surface area contributed by atoms with Crippen molar-refractivity contribution in [3.05, 3.63) is 111 Å². The minimum Gasteiger partial charge on any atom is -0.489 e. The van der Waals surface area contributed by atoms with E-state index in [-0.39, 0.29) is 18.2 Å². The number of allylic oxidation sites excluding steroid dienone is 5. The van der Waals surface area contributed by atoms with Crippen LogP contribution in [0.1, 0.15) is 56.0 Å². The monoisotopic (exact) mass is 503 g/mol. The molecule has 0 bridgehead atoms. The van der Waals surface area contributed by atoms with Crippen molar-refractivity contribution in [2.45, 2.75) is 53.2 Å². The van der Waals surface area contributed by atoms with E-state index < -0.39 is 5.92 Å². The highest BCUT2D eigenvalue weighted by molar-refractivity contribution is 5.60. The summed E-state index contributed by atoms with van der Waals surface area (Å²) in [7, 11) is 0. The molecule has 1 heterocycles. The first-order valence-corrected chi connectivity index (χ1v) is 12.2. The summed E-state index contributed by atoms with van der Waals surface area (Å²) in [5, 5.41) is 1.44. The molecule has 0 aliphatic rings. The van der Waals surface area contributed by atoms with Crippen molar-refractivity contribution in [1.82, 2.24) is 9.55 Å². The number of halogens is 2. The molecule has 1 aromatic heterocycles. The third-order valence-electron chi connectivity index (χ3n) is 6.46. The van der Waals surface area contributed by atoms with Crippen molar-refractivity contribution in [3.8, 4) is 5.75 Å². The zero-order valence-electron chi connectivity index (χ0n) is 22.2. The molecular weight excluding hydrogens is 468 g/mol. The van der Waals surface area contributed by atoms with Crippen LogP contribution < -0.4 is 21.2 Å². The highest BCUT2D eigenvalue weighted by Crippen LogP contribution is 2.28. The molecule has 6 heteroatoms. The van der Waals surface area contributed by atoms with Gasteiger partial charge in [0.05, 0.1) is 16.7 Å². The fourth-order valence-electron chi connectivity index (χ4n) is 4.23. The summed E-state index contributed by atoms with van der Waals surface area (Å²) in [5.41, 5.74) is 11.1. The number of hydrogen-bond donors (Lipinski definition) is 1. The van der Waals surface area contributed by atoms with E-state index in [1.807, 2.05) is 61.8 Å². The minimum absolute atomic E-state index is 0.0139. The van der Waals surface area contributed by atoms with Crippen LogP contribution in [0, 0.1) is 6.92 Å². The molecule has 0 unspecified atom stereocenters. The number of ether oxygens (including phenoxy) is 1. The molecule has 0 spiro atoms.